The lowest BCUT2D eigenvalue weighted by molar-refractivity contribution is 0.102. The number of hydrogen-bond acceptors (Lipinski definition) is 4. The molecule has 0 unspecified atom stereocenters. The van der Waals surface area contributed by atoms with Crippen LogP contribution in [-0.2, 0) is 17.1 Å². The number of rotatable bonds is 3. The third-order valence-corrected chi connectivity index (χ3v) is 3.41. The Kier molecular flexibility index (Phi) is 3.55. The Morgan fingerprint density at radius 1 is 1.40 bits per heavy atom. The van der Waals surface area contributed by atoms with Crippen LogP contribution in [-0.4, -0.2) is 24.1 Å². The molecule has 0 saturated heterocycles. The van der Waals surface area contributed by atoms with Gasteiger partial charge in [-0.1, -0.05) is 0 Å². The molecule has 1 aromatic carbocycles. The summed E-state index contributed by atoms with van der Waals surface area (Å²) in [4.78, 5) is 11.5. The van der Waals surface area contributed by atoms with Crippen molar-refractivity contribution in [3.8, 4) is 0 Å². The van der Waals surface area contributed by atoms with E-state index in [2.05, 4.69) is 10.4 Å². The summed E-state index contributed by atoms with van der Waals surface area (Å²) in [7, 11) is -2.46. The maximum atomic E-state index is 13.2. The van der Waals surface area contributed by atoms with Crippen LogP contribution in [0.5, 0.6) is 0 Å². The van der Waals surface area contributed by atoms with Crippen LogP contribution in [0.15, 0.2) is 35.4 Å². The molecule has 0 bridgehead atoms. The minimum absolute atomic E-state index is 0.0668. The van der Waals surface area contributed by atoms with Gasteiger partial charge < -0.3 is 5.32 Å². The predicted molar refractivity (Wildman–Crippen MR) is 68.9 cm³/mol. The first-order chi connectivity index (χ1) is 9.27. The number of carbonyl (C=O) groups is 1. The molecule has 9 heteroatoms. The summed E-state index contributed by atoms with van der Waals surface area (Å²) >= 11 is 0. The number of nitrogens with zero attached hydrogens (tertiary/aromatic N) is 2. The average molecular weight is 298 g/mol. The first kappa shape index (κ1) is 14.2. The fourth-order valence-corrected chi connectivity index (χ4v) is 2.24. The van der Waals surface area contributed by atoms with Crippen molar-refractivity contribution in [3.05, 3.63) is 42.0 Å². The lowest BCUT2D eigenvalue weighted by Gasteiger charge is -2.08. The van der Waals surface area contributed by atoms with Crippen molar-refractivity contribution in [1.29, 1.82) is 0 Å². The van der Waals surface area contributed by atoms with Crippen molar-refractivity contribution in [2.45, 2.75) is 4.90 Å². The summed E-state index contributed by atoms with van der Waals surface area (Å²) in [5, 5.41) is 11.1. The summed E-state index contributed by atoms with van der Waals surface area (Å²) in [6, 6.07) is 4.24. The topological polar surface area (TPSA) is 107 Å². The number of amides is 1. The van der Waals surface area contributed by atoms with E-state index in [1.807, 2.05) is 0 Å². The molecule has 3 N–H and O–H groups in total. The van der Waals surface area contributed by atoms with Crippen LogP contribution in [0.4, 0.5) is 10.1 Å². The van der Waals surface area contributed by atoms with E-state index in [9.17, 15) is 17.6 Å². The number of anilines is 1. The zero-order valence-corrected chi connectivity index (χ0v) is 11.2. The lowest BCUT2D eigenvalue weighted by atomic mass is 10.3. The summed E-state index contributed by atoms with van der Waals surface area (Å²) in [6.45, 7) is 0. The van der Waals surface area contributed by atoms with Gasteiger partial charge in [0, 0.05) is 13.2 Å². The van der Waals surface area contributed by atoms with Crippen molar-refractivity contribution < 1.29 is 17.6 Å². The molecule has 0 radical (unpaired) electrons. The number of hydrogen-bond donors (Lipinski definition) is 2. The van der Waals surface area contributed by atoms with E-state index in [0.29, 0.717) is 0 Å². The van der Waals surface area contributed by atoms with Gasteiger partial charge in [0.15, 0.2) is 5.69 Å². The molecular formula is C11H11FN4O3S. The van der Waals surface area contributed by atoms with Gasteiger partial charge >= 0.3 is 0 Å². The molecule has 0 aliphatic rings. The zero-order valence-electron chi connectivity index (χ0n) is 10.4. The first-order valence-electron chi connectivity index (χ1n) is 5.41. The van der Waals surface area contributed by atoms with Gasteiger partial charge in [-0.25, -0.2) is 17.9 Å². The molecular weight excluding hydrogens is 287 g/mol. The van der Waals surface area contributed by atoms with Crippen molar-refractivity contribution in [3.63, 3.8) is 0 Å². The van der Waals surface area contributed by atoms with Crippen LogP contribution < -0.4 is 10.5 Å². The van der Waals surface area contributed by atoms with Crippen LogP contribution in [0, 0.1) is 5.82 Å². The highest BCUT2D eigenvalue weighted by molar-refractivity contribution is 7.89. The molecule has 0 aliphatic heterocycles. The van der Waals surface area contributed by atoms with E-state index in [4.69, 9.17) is 5.14 Å². The smallest absolute Gasteiger partial charge is 0.276 e. The molecule has 0 aliphatic carbocycles. The van der Waals surface area contributed by atoms with E-state index in [1.54, 1.807) is 13.2 Å². The Bertz CT molecular complexity index is 770. The molecule has 1 heterocycles. The number of nitrogens with one attached hydrogen (secondary N) is 1. The van der Waals surface area contributed by atoms with E-state index < -0.39 is 21.7 Å². The van der Waals surface area contributed by atoms with Gasteiger partial charge in [0.2, 0.25) is 10.0 Å². The SMILES string of the molecule is Cn1ccc(C(=O)Nc2cc(F)ccc2S(N)(=O)=O)n1. The molecule has 2 aromatic rings. The number of nitrogens with two attached hydrogens (primary N) is 1. The summed E-state index contributed by atoms with van der Waals surface area (Å²) in [5.41, 5.74) is -0.166. The highest BCUT2D eigenvalue weighted by Crippen LogP contribution is 2.21. The molecule has 7 nitrogen and oxygen atoms in total. The van der Waals surface area contributed by atoms with Gasteiger partial charge in [0.1, 0.15) is 10.7 Å². The van der Waals surface area contributed by atoms with Crippen molar-refractivity contribution in [2.75, 3.05) is 5.32 Å². The summed E-state index contributed by atoms with van der Waals surface area (Å²) in [6.07, 6.45) is 1.54. The van der Waals surface area contributed by atoms with Crippen LogP contribution in [0.1, 0.15) is 10.5 Å². The Labute approximate surface area is 114 Å². The molecule has 2 rings (SSSR count). The maximum absolute atomic E-state index is 13.2. The molecule has 0 fully saturated rings. The second-order valence-corrected chi connectivity index (χ2v) is 5.54. The summed E-state index contributed by atoms with van der Waals surface area (Å²) < 4.78 is 37.3. The number of halogens is 1. The minimum atomic E-state index is -4.08. The molecule has 20 heavy (non-hydrogen) atoms. The maximum Gasteiger partial charge on any atom is 0.276 e. The number of primary sulfonamides is 1. The molecule has 0 saturated carbocycles. The van der Waals surface area contributed by atoms with Crippen LogP contribution >= 0.6 is 0 Å². The van der Waals surface area contributed by atoms with Gasteiger partial charge in [-0.15, -0.1) is 0 Å². The average Bonchev–Trinajstić information content (AvgIpc) is 2.74. The van der Waals surface area contributed by atoms with E-state index >= 15 is 0 Å². The number of carbonyl (C=O) groups excluding carboxylic acids is 1. The Hall–Kier alpha value is -2.26. The Balaban J connectivity index is 2.38. The van der Waals surface area contributed by atoms with E-state index in [0.717, 1.165) is 18.2 Å². The van der Waals surface area contributed by atoms with Crippen molar-refractivity contribution in [1.82, 2.24) is 9.78 Å². The second-order valence-electron chi connectivity index (χ2n) is 4.01. The third-order valence-electron chi connectivity index (χ3n) is 2.44. The molecule has 1 amide bonds. The zero-order chi connectivity index (χ0) is 14.9. The fraction of sp³-hybridized carbons (Fsp3) is 0.0909. The van der Waals surface area contributed by atoms with Gasteiger partial charge in [0.25, 0.3) is 5.91 Å². The first-order valence-corrected chi connectivity index (χ1v) is 6.95. The predicted octanol–water partition coefficient (Wildman–Crippen LogP) is 0.459. The largest absolute Gasteiger partial charge is 0.319 e. The lowest BCUT2D eigenvalue weighted by Crippen LogP contribution is -2.19. The highest BCUT2D eigenvalue weighted by atomic mass is 32.2. The van der Waals surface area contributed by atoms with E-state index in [-0.39, 0.29) is 16.3 Å². The van der Waals surface area contributed by atoms with E-state index in [1.165, 1.54) is 10.7 Å². The number of aryl methyl sites for hydroxylation is 1. The highest BCUT2D eigenvalue weighted by Gasteiger charge is 2.18. The van der Waals surface area contributed by atoms with Crippen LogP contribution in [0.25, 0.3) is 0 Å². The monoisotopic (exact) mass is 298 g/mol. The quantitative estimate of drug-likeness (QED) is 0.858. The number of benzene rings is 1. The van der Waals surface area contributed by atoms with Gasteiger partial charge in [0.05, 0.1) is 5.69 Å². The third kappa shape index (κ3) is 3.00. The Morgan fingerprint density at radius 3 is 2.65 bits per heavy atom. The molecule has 0 spiro atoms. The number of aromatic nitrogens is 2. The standard InChI is InChI=1S/C11H11FN4O3S/c1-16-5-4-8(15-16)11(17)14-9-6-7(12)2-3-10(9)20(13,18)19/h2-6H,1H3,(H,14,17)(H2,13,18,19). The molecule has 1 aromatic heterocycles. The number of sulfonamides is 1. The van der Waals surface area contributed by atoms with Crippen molar-refractivity contribution >= 4 is 21.6 Å². The fourth-order valence-electron chi connectivity index (χ4n) is 1.57. The van der Waals surface area contributed by atoms with Crippen LogP contribution in [0.3, 0.4) is 0 Å². The minimum Gasteiger partial charge on any atom is -0.319 e. The normalized spacial score (nSPS) is 11.3. The molecule has 106 valence electrons. The van der Waals surface area contributed by atoms with Gasteiger partial charge in [-0.3, -0.25) is 9.48 Å². The van der Waals surface area contributed by atoms with Gasteiger partial charge in [-0.05, 0) is 24.3 Å². The van der Waals surface area contributed by atoms with Crippen LogP contribution in [0.2, 0.25) is 0 Å². The summed E-state index contributed by atoms with van der Waals surface area (Å²) in [5.74, 6) is -1.37. The van der Waals surface area contributed by atoms with Gasteiger partial charge in [-0.2, -0.15) is 5.10 Å². The Morgan fingerprint density at radius 2 is 2.10 bits per heavy atom. The second kappa shape index (κ2) is 5.02. The molecule has 0 atom stereocenters. The van der Waals surface area contributed by atoms with Crippen molar-refractivity contribution in [2.24, 2.45) is 12.2 Å².